The molecule has 0 N–H and O–H groups in total. The topological polar surface area (TPSA) is 42.2 Å². The molecule has 5 heteroatoms. The summed E-state index contributed by atoms with van der Waals surface area (Å²) in [7, 11) is 0. The number of hydrogen-bond donors (Lipinski definition) is 0. The van der Waals surface area contributed by atoms with Gasteiger partial charge in [0, 0.05) is 6.54 Å². The SMILES string of the molecule is C[C@H](c1nnc(-c2cccs2)o1)N1CC[C@@H]2CCCC[C@@H]2C1. The third-order valence-corrected chi connectivity index (χ3v) is 6.26. The van der Waals surface area contributed by atoms with Gasteiger partial charge < -0.3 is 4.42 Å². The fourth-order valence-corrected chi connectivity index (χ4v) is 4.68. The number of piperidine rings is 1. The fraction of sp³-hybridized carbons (Fsp3) is 0.647. The number of aromatic nitrogens is 2. The first-order valence-electron chi connectivity index (χ1n) is 8.42. The summed E-state index contributed by atoms with van der Waals surface area (Å²) in [6, 6.07) is 4.27. The molecule has 0 spiro atoms. The van der Waals surface area contributed by atoms with Crippen molar-refractivity contribution >= 4 is 11.3 Å². The number of fused-ring (bicyclic) bond motifs is 1. The molecule has 2 aliphatic rings. The van der Waals surface area contributed by atoms with Gasteiger partial charge in [0.1, 0.15) is 0 Å². The van der Waals surface area contributed by atoms with Crippen molar-refractivity contribution in [2.45, 2.75) is 45.1 Å². The summed E-state index contributed by atoms with van der Waals surface area (Å²) in [6.45, 7) is 4.57. The molecule has 1 aliphatic heterocycles. The summed E-state index contributed by atoms with van der Waals surface area (Å²) in [4.78, 5) is 3.59. The van der Waals surface area contributed by atoms with Crippen LogP contribution in [-0.4, -0.2) is 28.2 Å². The van der Waals surface area contributed by atoms with Gasteiger partial charge in [0.2, 0.25) is 5.89 Å². The van der Waals surface area contributed by atoms with Gasteiger partial charge in [0.25, 0.3) is 5.89 Å². The Labute approximate surface area is 135 Å². The predicted molar refractivity (Wildman–Crippen MR) is 87.7 cm³/mol. The van der Waals surface area contributed by atoms with Gasteiger partial charge in [-0.3, -0.25) is 4.90 Å². The van der Waals surface area contributed by atoms with Crippen LogP contribution in [0.4, 0.5) is 0 Å². The van der Waals surface area contributed by atoms with Gasteiger partial charge in [0.05, 0.1) is 10.9 Å². The lowest BCUT2D eigenvalue weighted by Gasteiger charge is -2.42. The maximum Gasteiger partial charge on any atom is 0.257 e. The molecule has 1 saturated heterocycles. The highest BCUT2D eigenvalue weighted by Crippen LogP contribution is 2.38. The molecule has 2 fully saturated rings. The van der Waals surface area contributed by atoms with Gasteiger partial charge in [-0.1, -0.05) is 25.3 Å². The molecule has 0 radical (unpaired) electrons. The van der Waals surface area contributed by atoms with Crippen molar-refractivity contribution in [2.24, 2.45) is 11.8 Å². The predicted octanol–water partition coefficient (Wildman–Crippen LogP) is 4.37. The van der Waals surface area contributed by atoms with Crippen LogP contribution in [0.1, 0.15) is 51.0 Å². The third-order valence-electron chi connectivity index (χ3n) is 5.40. The van der Waals surface area contributed by atoms with Crippen LogP contribution in [0.3, 0.4) is 0 Å². The maximum absolute atomic E-state index is 5.93. The molecule has 0 amide bonds. The van der Waals surface area contributed by atoms with Gasteiger partial charge in [0.15, 0.2) is 0 Å². The number of thiophene rings is 1. The Bertz CT molecular complexity index is 609. The average Bonchev–Trinajstić information content (AvgIpc) is 3.24. The van der Waals surface area contributed by atoms with Crippen LogP contribution in [-0.2, 0) is 0 Å². The molecule has 2 aromatic rings. The monoisotopic (exact) mass is 317 g/mol. The van der Waals surface area contributed by atoms with Crippen molar-refractivity contribution in [1.29, 1.82) is 0 Å². The second-order valence-electron chi connectivity index (χ2n) is 6.69. The summed E-state index contributed by atoms with van der Waals surface area (Å²) in [5.41, 5.74) is 0. The highest BCUT2D eigenvalue weighted by Gasteiger charge is 2.34. The summed E-state index contributed by atoms with van der Waals surface area (Å²) in [5, 5.41) is 10.6. The summed E-state index contributed by atoms with van der Waals surface area (Å²) in [6.07, 6.45) is 7.02. The Morgan fingerprint density at radius 3 is 2.91 bits per heavy atom. The molecule has 2 aromatic heterocycles. The third kappa shape index (κ3) is 2.72. The van der Waals surface area contributed by atoms with Crippen LogP contribution in [0.25, 0.3) is 10.8 Å². The minimum absolute atomic E-state index is 0.226. The first-order valence-corrected chi connectivity index (χ1v) is 9.30. The fourth-order valence-electron chi connectivity index (χ4n) is 4.04. The van der Waals surface area contributed by atoms with Crippen LogP contribution < -0.4 is 0 Å². The Kier molecular flexibility index (Phi) is 4.01. The second kappa shape index (κ2) is 6.13. The van der Waals surface area contributed by atoms with Crippen LogP contribution in [0.5, 0.6) is 0 Å². The van der Waals surface area contributed by atoms with Crippen molar-refractivity contribution in [3.63, 3.8) is 0 Å². The normalized spacial score (nSPS) is 27.5. The molecule has 0 aromatic carbocycles. The molecule has 1 aliphatic carbocycles. The van der Waals surface area contributed by atoms with E-state index in [2.05, 4.69) is 22.0 Å². The van der Waals surface area contributed by atoms with E-state index in [0.717, 1.165) is 22.6 Å². The molecule has 3 atom stereocenters. The van der Waals surface area contributed by atoms with Gasteiger partial charge in [-0.25, -0.2) is 0 Å². The maximum atomic E-state index is 5.93. The molecular weight excluding hydrogens is 294 g/mol. The minimum Gasteiger partial charge on any atom is -0.418 e. The van der Waals surface area contributed by atoms with E-state index in [0.29, 0.717) is 5.89 Å². The Hall–Kier alpha value is -1.20. The van der Waals surface area contributed by atoms with E-state index < -0.39 is 0 Å². The zero-order valence-electron chi connectivity index (χ0n) is 13.1. The lowest BCUT2D eigenvalue weighted by molar-refractivity contribution is 0.0536. The van der Waals surface area contributed by atoms with E-state index in [1.165, 1.54) is 45.2 Å². The summed E-state index contributed by atoms with van der Waals surface area (Å²) >= 11 is 1.64. The van der Waals surface area contributed by atoms with Crippen molar-refractivity contribution in [3.05, 3.63) is 23.4 Å². The van der Waals surface area contributed by atoms with Crippen LogP contribution in [0.15, 0.2) is 21.9 Å². The van der Waals surface area contributed by atoms with E-state index in [-0.39, 0.29) is 6.04 Å². The van der Waals surface area contributed by atoms with Crippen LogP contribution >= 0.6 is 11.3 Å². The largest absolute Gasteiger partial charge is 0.418 e. The van der Waals surface area contributed by atoms with Crippen molar-refractivity contribution in [1.82, 2.24) is 15.1 Å². The van der Waals surface area contributed by atoms with E-state index in [9.17, 15) is 0 Å². The van der Waals surface area contributed by atoms with Crippen LogP contribution in [0.2, 0.25) is 0 Å². The Morgan fingerprint density at radius 2 is 2.09 bits per heavy atom. The quantitative estimate of drug-likeness (QED) is 0.843. The molecule has 3 heterocycles. The molecule has 4 rings (SSSR count). The molecule has 118 valence electrons. The smallest absolute Gasteiger partial charge is 0.257 e. The number of nitrogens with zero attached hydrogens (tertiary/aromatic N) is 3. The van der Waals surface area contributed by atoms with Crippen molar-refractivity contribution < 1.29 is 4.42 Å². The van der Waals surface area contributed by atoms with E-state index in [4.69, 9.17) is 4.42 Å². The number of rotatable bonds is 3. The first-order chi connectivity index (χ1) is 10.8. The second-order valence-corrected chi connectivity index (χ2v) is 7.63. The van der Waals surface area contributed by atoms with E-state index >= 15 is 0 Å². The van der Waals surface area contributed by atoms with E-state index in [1.54, 1.807) is 11.3 Å². The first kappa shape index (κ1) is 14.4. The standard InChI is InChI=1S/C17H23N3OS/c1-12(16-18-19-17(21-16)15-7-4-10-22-15)20-9-8-13-5-2-3-6-14(13)11-20/h4,7,10,12-14H,2-3,5-6,8-9,11H2,1H3/t12-,13+,14-/m1/s1. The Morgan fingerprint density at radius 1 is 1.23 bits per heavy atom. The highest BCUT2D eigenvalue weighted by atomic mass is 32.1. The number of hydrogen-bond acceptors (Lipinski definition) is 5. The highest BCUT2D eigenvalue weighted by molar-refractivity contribution is 7.13. The van der Waals surface area contributed by atoms with Gasteiger partial charge >= 0.3 is 0 Å². The average molecular weight is 317 g/mol. The summed E-state index contributed by atoms with van der Waals surface area (Å²) < 4.78 is 5.93. The molecule has 22 heavy (non-hydrogen) atoms. The lowest BCUT2D eigenvalue weighted by atomic mass is 9.75. The van der Waals surface area contributed by atoms with Crippen LogP contribution in [0, 0.1) is 11.8 Å². The van der Waals surface area contributed by atoms with Gasteiger partial charge in [-0.2, -0.15) is 0 Å². The van der Waals surface area contributed by atoms with Crippen molar-refractivity contribution in [2.75, 3.05) is 13.1 Å². The molecule has 0 bridgehead atoms. The number of likely N-dealkylation sites (tertiary alicyclic amines) is 1. The molecule has 1 saturated carbocycles. The van der Waals surface area contributed by atoms with Gasteiger partial charge in [-0.05, 0) is 49.6 Å². The van der Waals surface area contributed by atoms with E-state index in [1.807, 2.05) is 17.5 Å². The Balaban J connectivity index is 1.46. The summed E-state index contributed by atoms with van der Waals surface area (Å²) in [5.74, 6) is 3.26. The van der Waals surface area contributed by atoms with Gasteiger partial charge in [-0.15, -0.1) is 21.5 Å². The molecular formula is C17H23N3OS. The molecule has 0 unspecified atom stereocenters. The molecule has 4 nitrogen and oxygen atoms in total. The zero-order valence-corrected chi connectivity index (χ0v) is 13.9. The van der Waals surface area contributed by atoms with Crippen molar-refractivity contribution in [3.8, 4) is 10.8 Å². The zero-order chi connectivity index (χ0) is 14.9. The lowest BCUT2D eigenvalue weighted by Crippen LogP contribution is -2.42. The minimum atomic E-state index is 0.226.